The molecule has 3 rings (SSSR count). The van der Waals surface area contributed by atoms with Crippen LogP contribution < -0.4 is 4.74 Å². The molecule has 138 valence electrons. The number of carbonyl (C=O) groups excluding carboxylic acids is 2. The molecule has 1 fully saturated rings. The first-order valence-electron chi connectivity index (χ1n) is 8.48. The second-order valence-corrected chi connectivity index (χ2v) is 6.62. The third-order valence-electron chi connectivity index (χ3n) is 4.30. The van der Waals surface area contributed by atoms with E-state index in [1.54, 1.807) is 41.3 Å². The molecule has 0 atom stereocenters. The first-order valence-corrected chi connectivity index (χ1v) is 8.86. The number of piperazine rings is 1. The van der Waals surface area contributed by atoms with E-state index in [-0.39, 0.29) is 25.0 Å². The average molecular weight is 384 g/mol. The molecule has 6 nitrogen and oxygen atoms in total. The summed E-state index contributed by atoms with van der Waals surface area (Å²) in [5.41, 5.74) is 1.54. The van der Waals surface area contributed by atoms with E-state index in [2.05, 4.69) is 6.07 Å². The molecule has 27 heavy (non-hydrogen) atoms. The summed E-state index contributed by atoms with van der Waals surface area (Å²) in [6.07, 6.45) is 0. The Hall–Kier alpha value is -3.04. The fourth-order valence-electron chi connectivity index (χ4n) is 2.76. The molecule has 0 saturated carbocycles. The number of amides is 2. The van der Waals surface area contributed by atoms with Gasteiger partial charge in [0, 0.05) is 24.7 Å². The monoisotopic (exact) mass is 383 g/mol. The molecule has 1 aliphatic rings. The number of ether oxygens (including phenoxy) is 1. The van der Waals surface area contributed by atoms with Crippen molar-refractivity contribution < 1.29 is 14.3 Å². The van der Waals surface area contributed by atoms with Gasteiger partial charge in [-0.2, -0.15) is 5.26 Å². The molecule has 0 radical (unpaired) electrons. The Bertz CT molecular complexity index is 860. The van der Waals surface area contributed by atoms with Gasteiger partial charge in [-0.15, -0.1) is 0 Å². The quantitative estimate of drug-likeness (QED) is 0.795. The van der Waals surface area contributed by atoms with Gasteiger partial charge in [0.15, 0.2) is 6.61 Å². The summed E-state index contributed by atoms with van der Waals surface area (Å²) in [4.78, 5) is 27.9. The van der Waals surface area contributed by atoms with E-state index in [4.69, 9.17) is 21.6 Å². The predicted molar refractivity (Wildman–Crippen MR) is 100 cm³/mol. The van der Waals surface area contributed by atoms with E-state index in [0.717, 1.165) is 5.56 Å². The average Bonchev–Trinajstić information content (AvgIpc) is 2.69. The lowest BCUT2D eigenvalue weighted by Gasteiger charge is -2.34. The van der Waals surface area contributed by atoms with Crippen LogP contribution in [-0.4, -0.2) is 47.9 Å². The Morgan fingerprint density at radius 3 is 2.44 bits per heavy atom. The van der Waals surface area contributed by atoms with Crippen LogP contribution in [0.15, 0.2) is 48.5 Å². The van der Waals surface area contributed by atoms with E-state index in [1.807, 2.05) is 12.1 Å². The molecule has 0 aromatic heterocycles. The van der Waals surface area contributed by atoms with Gasteiger partial charge in [0.25, 0.3) is 5.91 Å². The molecule has 2 amide bonds. The number of hydrogen-bond donors (Lipinski definition) is 0. The number of halogens is 1. The summed E-state index contributed by atoms with van der Waals surface area (Å²) < 4.78 is 5.45. The first-order chi connectivity index (χ1) is 13.0. The van der Waals surface area contributed by atoms with Crippen LogP contribution in [0, 0.1) is 11.3 Å². The zero-order valence-electron chi connectivity index (χ0n) is 14.6. The van der Waals surface area contributed by atoms with E-state index in [1.165, 1.54) is 4.90 Å². The molecule has 0 N–H and O–H groups in total. The Balaban J connectivity index is 1.49. The second kappa shape index (κ2) is 8.56. The summed E-state index contributed by atoms with van der Waals surface area (Å²) in [6, 6.07) is 16.0. The number of carbonyl (C=O) groups is 2. The molecule has 2 aromatic rings. The van der Waals surface area contributed by atoms with Crippen LogP contribution in [0.25, 0.3) is 0 Å². The molecule has 1 heterocycles. The summed E-state index contributed by atoms with van der Waals surface area (Å²) in [5, 5.41) is 9.43. The van der Waals surface area contributed by atoms with E-state index < -0.39 is 0 Å². The van der Waals surface area contributed by atoms with Gasteiger partial charge in [-0.05, 0) is 42.0 Å². The minimum absolute atomic E-state index is 0.0408. The summed E-state index contributed by atoms with van der Waals surface area (Å²) >= 11 is 5.81. The second-order valence-electron chi connectivity index (χ2n) is 6.18. The van der Waals surface area contributed by atoms with Crippen LogP contribution in [0.2, 0.25) is 5.02 Å². The van der Waals surface area contributed by atoms with Crippen molar-refractivity contribution in [2.45, 2.75) is 6.54 Å². The van der Waals surface area contributed by atoms with Crippen molar-refractivity contribution in [1.29, 1.82) is 5.26 Å². The van der Waals surface area contributed by atoms with Crippen molar-refractivity contribution in [3.8, 4) is 11.8 Å². The minimum atomic E-state index is -0.226. The zero-order valence-corrected chi connectivity index (χ0v) is 15.4. The van der Waals surface area contributed by atoms with Crippen LogP contribution in [0.3, 0.4) is 0 Å². The van der Waals surface area contributed by atoms with Gasteiger partial charge in [0.05, 0.1) is 18.2 Å². The number of rotatable bonds is 5. The van der Waals surface area contributed by atoms with Gasteiger partial charge < -0.3 is 14.5 Å². The molecule has 2 aromatic carbocycles. The predicted octanol–water partition coefficient (Wildman–Crippen LogP) is 2.46. The number of benzene rings is 2. The molecule has 0 bridgehead atoms. The fraction of sp³-hybridized carbons (Fsp3) is 0.250. The largest absolute Gasteiger partial charge is 0.484 e. The lowest BCUT2D eigenvalue weighted by atomic mass is 10.1. The van der Waals surface area contributed by atoms with Crippen molar-refractivity contribution in [3.05, 3.63) is 64.7 Å². The van der Waals surface area contributed by atoms with Gasteiger partial charge >= 0.3 is 0 Å². The Kier molecular flexibility index (Phi) is 5.94. The maximum atomic E-state index is 12.4. The third-order valence-corrected chi connectivity index (χ3v) is 4.56. The lowest BCUT2D eigenvalue weighted by Crippen LogP contribution is -2.52. The van der Waals surface area contributed by atoms with Crippen LogP contribution in [0.5, 0.6) is 5.75 Å². The van der Waals surface area contributed by atoms with Crippen LogP contribution >= 0.6 is 11.6 Å². The highest BCUT2D eigenvalue weighted by atomic mass is 35.5. The number of nitrogens with zero attached hydrogens (tertiary/aromatic N) is 3. The Morgan fingerprint density at radius 2 is 1.81 bits per heavy atom. The van der Waals surface area contributed by atoms with E-state index in [0.29, 0.717) is 36.0 Å². The van der Waals surface area contributed by atoms with Gasteiger partial charge in [-0.3, -0.25) is 9.59 Å². The minimum Gasteiger partial charge on any atom is -0.484 e. The summed E-state index contributed by atoms with van der Waals surface area (Å²) in [6.45, 7) is 1.31. The fourth-order valence-corrected chi connectivity index (χ4v) is 2.89. The topological polar surface area (TPSA) is 73.6 Å². The maximum absolute atomic E-state index is 12.4. The normalized spacial score (nSPS) is 14.0. The highest BCUT2D eigenvalue weighted by Gasteiger charge is 2.27. The smallest absolute Gasteiger partial charge is 0.261 e. The van der Waals surface area contributed by atoms with Gasteiger partial charge in [0.2, 0.25) is 5.91 Å². The molecule has 0 spiro atoms. The van der Waals surface area contributed by atoms with Crippen LogP contribution in [-0.2, 0) is 16.1 Å². The lowest BCUT2D eigenvalue weighted by molar-refractivity contribution is -0.146. The molecular formula is C20H18ClN3O3. The maximum Gasteiger partial charge on any atom is 0.261 e. The molecular weight excluding hydrogens is 366 g/mol. The molecule has 7 heteroatoms. The van der Waals surface area contributed by atoms with Crippen LogP contribution in [0.1, 0.15) is 11.1 Å². The van der Waals surface area contributed by atoms with Crippen molar-refractivity contribution >= 4 is 23.4 Å². The van der Waals surface area contributed by atoms with Gasteiger partial charge in [0.1, 0.15) is 5.75 Å². The Morgan fingerprint density at radius 1 is 1.11 bits per heavy atom. The number of hydrogen-bond acceptors (Lipinski definition) is 4. The van der Waals surface area contributed by atoms with Crippen molar-refractivity contribution in [3.63, 3.8) is 0 Å². The zero-order chi connectivity index (χ0) is 19.2. The van der Waals surface area contributed by atoms with Crippen molar-refractivity contribution in [1.82, 2.24) is 9.80 Å². The number of nitriles is 1. The van der Waals surface area contributed by atoms with Gasteiger partial charge in [-0.25, -0.2) is 0 Å². The molecule has 1 aliphatic heterocycles. The molecule has 0 unspecified atom stereocenters. The highest BCUT2D eigenvalue weighted by Crippen LogP contribution is 2.16. The molecule has 0 aliphatic carbocycles. The molecule has 1 saturated heterocycles. The standard InChI is InChI=1S/C20H18ClN3O3/c21-17-5-7-18(8-6-17)27-14-20(26)24-10-9-23(19(25)13-24)12-16-3-1-15(11-22)2-4-16/h1-8H,9-10,12-14H2. The van der Waals surface area contributed by atoms with Gasteiger partial charge in [-0.1, -0.05) is 23.7 Å². The summed E-state index contributed by atoms with van der Waals surface area (Å²) in [5.74, 6) is 0.223. The van der Waals surface area contributed by atoms with Crippen molar-refractivity contribution in [2.24, 2.45) is 0 Å². The first kappa shape index (κ1) is 18.7. The third kappa shape index (κ3) is 4.99. The Labute approximate surface area is 162 Å². The highest BCUT2D eigenvalue weighted by molar-refractivity contribution is 6.30. The SMILES string of the molecule is N#Cc1ccc(CN2CCN(C(=O)COc3ccc(Cl)cc3)CC2=O)cc1. The van der Waals surface area contributed by atoms with Crippen molar-refractivity contribution in [2.75, 3.05) is 26.2 Å². The van der Waals surface area contributed by atoms with E-state index in [9.17, 15) is 9.59 Å². The summed E-state index contributed by atoms with van der Waals surface area (Å²) in [7, 11) is 0. The van der Waals surface area contributed by atoms with Crippen LogP contribution in [0.4, 0.5) is 0 Å². The van der Waals surface area contributed by atoms with E-state index >= 15 is 0 Å².